The van der Waals surface area contributed by atoms with Gasteiger partial charge in [-0.2, -0.15) is 0 Å². The highest BCUT2D eigenvalue weighted by atomic mass is 35.5. The van der Waals surface area contributed by atoms with Crippen LogP contribution < -0.4 is 14.8 Å². The second-order valence-electron chi connectivity index (χ2n) is 9.86. The van der Waals surface area contributed by atoms with Gasteiger partial charge in [-0.25, -0.2) is 0 Å². The van der Waals surface area contributed by atoms with Crippen LogP contribution in [0.2, 0.25) is 15.1 Å². The van der Waals surface area contributed by atoms with Crippen molar-refractivity contribution >= 4 is 34.8 Å². The zero-order valence-electron chi connectivity index (χ0n) is 18.4. The predicted octanol–water partition coefficient (Wildman–Crippen LogP) is 7.68. The number of hydrogen-bond donors (Lipinski definition) is 1. The van der Waals surface area contributed by atoms with Gasteiger partial charge in [0, 0.05) is 38.8 Å². The molecule has 32 heavy (non-hydrogen) atoms. The maximum atomic E-state index is 6.70. The SMILES string of the molecule is CCOc1cc(CNC23CC4CC(CC(C4)C2)C3)c(Cl)cc1OCc1c(Cl)cccc1Cl. The van der Waals surface area contributed by atoms with Gasteiger partial charge in [-0.05, 0) is 87.0 Å². The highest BCUT2D eigenvalue weighted by Crippen LogP contribution is 2.55. The molecule has 0 spiro atoms. The monoisotopic (exact) mass is 493 g/mol. The quantitative estimate of drug-likeness (QED) is 0.408. The molecular formula is C26H30Cl3NO2. The van der Waals surface area contributed by atoms with Gasteiger partial charge >= 0.3 is 0 Å². The molecule has 6 heteroatoms. The first kappa shape index (κ1) is 22.7. The van der Waals surface area contributed by atoms with Gasteiger partial charge in [0.2, 0.25) is 0 Å². The molecular weight excluding hydrogens is 465 g/mol. The Kier molecular flexibility index (Phi) is 6.55. The van der Waals surface area contributed by atoms with Crippen molar-refractivity contribution in [3.63, 3.8) is 0 Å². The van der Waals surface area contributed by atoms with E-state index >= 15 is 0 Å². The summed E-state index contributed by atoms with van der Waals surface area (Å²) in [6.45, 7) is 3.52. The van der Waals surface area contributed by atoms with Gasteiger partial charge < -0.3 is 14.8 Å². The Labute approximate surface area is 205 Å². The fraction of sp³-hybridized carbons (Fsp3) is 0.538. The molecule has 1 N–H and O–H groups in total. The molecule has 0 aliphatic heterocycles. The van der Waals surface area contributed by atoms with Gasteiger partial charge in [-0.15, -0.1) is 0 Å². The summed E-state index contributed by atoms with van der Waals surface area (Å²) in [7, 11) is 0. The van der Waals surface area contributed by atoms with E-state index in [1.807, 2.05) is 37.3 Å². The van der Waals surface area contributed by atoms with Crippen molar-refractivity contribution in [1.82, 2.24) is 5.32 Å². The Morgan fingerprint density at radius 1 is 0.875 bits per heavy atom. The van der Waals surface area contributed by atoms with Crippen LogP contribution in [0.25, 0.3) is 0 Å². The van der Waals surface area contributed by atoms with Gasteiger partial charge in [0.1, 0.15) is 6.61 Å². The van der Waals surface area contributed by atoms with E-state index in [4.69, 9.17) is 44.3 Å². The lowest BCUT2D eigenvalue weighted by atomic mass is 9.53. The number of benzene rings is 2. The lowest BCUT2D eigenvalue weighted by Crippen LogP contribution is -2.58. The van der Waals surface area contributed by atoms with Crippen molar-refractivity contribution < 1.29 is 9.47 Å². The smallest absolute Gasteiger partial charge is 0.163 e. The van der Waals surface area contributed by atoms with Crippen molar-refractivity contribution in [3.05, 3.63) is 56.5 Å². The molecule has 0 atom stereocenters. The Morgan fingerprint density at radius 3 is 2.06 bits per heavy atom. The normalized spacial score (nSPS) is 28.2. The Bertz CT molecular complexity index is 938. The number of ether oxygens (including phenoxy) is 2. The highest BCUT2D eigenvalue weighted by molar-refractivity contribution is 6.36. The maximum absolute atomic E-state index is 6.70. The maximum Gasteiger partial charge on any atom is 0.163 e. The molecule has 4 bridgehead atoms. The largest absolute Gasteiger partial charge is 0.490 e. The molecule has 0 amide bonds. The molecule has 0 saturated heterocycles. The topological polar surface area (TPSA) is 30.5 Å². The fourth-order valence-electron chi connectivity index (χ4n) is 6.52. The van der Waals surface area contributed by atoms with Crippen LogP contribution in [-0.2, 0) is 13.2 Å². The molecule has 0 heterocycles. The number of nitrogens with one attached hydrogen (secondary N) is 1. The van der Waals surface area contributed by atoms with Crippen LogP contribution in [0.5, 0.6) is 11.5 Å². The van der Waals surface area contributed by atoms with Crippen LogP contribution in [0.4, 0.5) is 0 Å². The molecule has 4 aliphatic carbocycles. The zero-order valence-corrected chi connectivity index (χ0v) is 20.7. The summed E-state index contributed by atoms with van der Waals surface area (Å²) >= 11 is 19.3. The number of rotatable bonds is 8. The van der Waals surface area contributed by atoms with Gasteiger partial charge in [-0.3, -0.25) is 0 Å². The van der Waals surface area contributed by atoms with Crippen molar-refractivity contribution in [2.75, 3.05) is 6.61 Å². The van der Waals surface area contributed by atoms with Crippen LogP contribution in [0.1, 0.15) is 56.6 Å². The summed E-state index contributed by atoms with van der Waals surface area (Å²) in [4.78, 5) is 0. The summed E-state index contributed by atoms with van der Waals surface area (Å²) in [5, 5.41) is 5.78. The first-order chi connectivity index (χ1) is 15.4. The molecule has 3 nitrogen and oxygen atoms in total. The summed E-state index contributed by atoms with van der Waals surface area (Å²) in [6, 6.07) is 9.31. The lowest BCUT2D eigenvalue weighted by molar-refractivity contribution is -0.0206. The van der Waals surface area contributed by atoms with E-state index in [1.54, 1.807) is 0 Å². The van der Waals surface area contributed by atoms with E-state index in [1.165, 1.54) is 38.5 Å². The summed E-state index contributed by atoms with van der Waals surface area (Å²) in [5.41, 5.74) is 2.09. The van der Waals surface area contributed by atoms with Crippen LogP contribution in [0, 0.1) is 17.8 Å². The average molecular weight is 495 g/mol. The highest BCUT2D eigenvalue weighted by Gasteiger charge is 2.50. The molecule has 6 rings (SSSR count). The number of hydrogen-bond acceptors (Lipinski definition) is 3. The molecule has 172 valence electrons. The van der Waals surface area contributed by atoms with Crippen LogP contribution in [0.3, 0.4) is 0 Å². The Morgan fingerprint density at radius 2 is 1.47 bits per heavy atom. The minimum absolute atomic E-state index is 0.250. The van der Waals surface area contributed by atoms with Crippen molar-refractivity contribution in [2.45, 2.75) is 64.1 Å². The molecule has 0 radical (unpaired) electrons. The summed E-state index contributed by atoms with van der Waals surface area (Å²) in [5.74, 6) is 4.04. The molecule has 4 saturated carbocycles. The van der Waals surface area contributed by atoms with Gasteiger partial charge in [0.25, 0.3) is 0 Å². The third kappa shape index (κ3) is 4.59. The van der Waals surface area contributed by atoms with E-state index in [0.29, 0.717) is 38.7 Å². The average Bonchev–Trinajstić information content (AvgIpc) is 2.73. The van der Waals surface area contributed by atoms with Gasteiger partial charge in [-0.1, -0.05) is 40.9 Å². The predicted molar refractivity (Wildman–Crippen MR) is 131 cm³/mol. The van der Waals surface area contributed by atoms with Crippen LogP contribution >= 0.6 is 34.8 Å². The minimum Gasteiger partial charge on any atom is -0.490 e. The lowest BCUT2D eigenvalue weighted by Gasteiger charge is -2.57. The van der Waals surface area contributed by atoms with E-state index < -0.39 is 0 Å². The van der Waals surface area contributed by atoms with E-state index in [9.17, 15) is 0 Å². The molecule has 0 aromatic heterocycles. The third-order valence-electron chi connectivity index (χ3n) is 7.54. The standard InChI is InChI=1S/C26H30Cl3NO2/c1-2-31-24-9-19(14-30-26-11-16-6-17(12-26)8-18(7-16)13-26)23(29)10-25(24)32-15-20-21(27)4-3-5-22(20)28/h3-5,9-10,16-18,30H,2,6-8,11-15H2,1H3. The van der Waals surface area contributed by atoms with Crippen molar-refractivity contribution in [1.29, 1.82) is 0 Å². The molecule has 4 aliphatic rings. The second-order valence-corrected chi connectivity index (χ2v) is 11.1. The second kappa shape index (κ2) is 9.25. The fourth-order valence-corrected chi connectivity index (χ4v) is 7.25. The van der Waals surface area contributed by atoms with Crippen LogP contribution in [-0.4, -0.2) is 12.1 Å². The van der Waals surface area contributed by atoms with E-state index in [0.717, 1.165) is 35.4 Å². The summed E-state index contributed by atoms with van der Waals surface area (Å²) in [6.07, 6.45) is 8.27. The van der Waals surface area contributed by atoms with Crippen molar-refractivity contribution in [3.8, 4) is 11.5 Å². The first-order valence-corrected chi connectivity index (χ1v) is 12.8. The van der Waals surface area contributed by atoms with E-state index in [-0.39, 0.29) is 6.61 Å². The Hall–Kier alpha value is -1.13. The minimum atomic E-state index is 0.250. The molecule has 4 fully saturated rings. The third-order valence-corrected chi connectivity index (χ3v) is 8.60. The number of halogens is 3. The van der Waals surface area contributed by atoms with E-state index in [2.05, 4.69) is 5.32 Å². The van der Waals surface area contributed by atoms with Gasteiger partial charge in [0.15, 0.2) is 11.5 Å². The first-order valence-electron chi connectivity index (χ1n) is 11.7. The molecule has 2 aromatic carbocycles. The van der Waals surface area contributed by atoms with Crippen molar-refractivity contribution in [2.24, 2.45) is 17.8 Å². The van der Waals surface area contributed by atoms with Gasteiger partial charge in [0.05, 0.1) is 6.61 Å². The molecule has 0 unspecified atom stereocenters. The molecule has 2 aromatic rings. The zero-order chi connectivity index (χ0) is 22.3. The Balaban J connectivity index is 1.31. The van der Waals surface area contributed by atoms with Crippen LogP contribution in [0.15, 0.2) is 30.3 Å². The summed E-state index contributed by atoms with van der Waals surface area (Å²) < 4.78 is 12.0.